The summed E-state index contributed by atoms with van der Waals surface area (Å²) < 4.78 is 0. The molecule has 196 valence electrons. The third-order valence-corrected chi connectivity index (χ3v) is 7.09. The highest BCUT2D eigenvalue weighted by molar-refractivity contribution is 6.30. The lowest BCUT2D eigenvalue weighted by Gasteiger charge is -2.32. The first-order chi connectivity index (χ1) is 18.4. The average Bonchev–Trinajstić information content (AvgIpc) is 2.96. The van der Waals surface area contributed by atoms with Gasteiger partial charge < -0.3 is 9.74 Å². The van der Waals surface area contributed by atoms with Crippen molar-refractivity contribution < 1.29 is 24.0 Å². The van der Waals surface area contributed by atoms with Crippen molar-refractivity contribution >= 4 is 35.7 Å². The molecule has 38 heavy (non-hydrogen) atoms. The predicted octanol–water partition coefficient (Wildman–Crippen LogP) is 5.85. The molecule has 4 rings (SSSR count). The van der Waals surface area contributed by atoms with Crippen molar-refractivity contribution in [1.82, 2.24) is 9.96 Å². The third-order valence-electron chi connectivity index (χ3n) is 6.84. The Morgan fingerprint density at radius 3 is 2.32 bits per heavy atom. The number of aldehydes is 1. The van der Waals surface area contributed by atoms with Gasteiger partial charge in [-0.05, 0) is 61.4 Å². The maximum atomic E-state index is 13.0. The van der Waals surface area contributed by atoms with Crippen molar-refractivity contribution in [2.24, 2.45) is 5.92 Å². The second-order valence-electron chi connectivity index (χ2n) is 9.37. The Bertz CT molecular complexity index is 1300. The highest BCUT2D eigenvalue weighted by atomic mass is 35.5. The topological polar surface area (TPSA) is 84.0 Å². The molecule has 3 aromatic carbocycles. The quantitative estimate of drug-likeness (QED) is 0.216. The van der Waals surface area contributed by atoms with E-state index in [4.69, 9.17) is 16.4 Å². The van der Waals surface area contributed by atoms with Crippen molar-refractivity contribution in [3.63, 3.8) is 0 Å². The Morgan fingerprint density at radius 1 is 0.974 bits per heavy atom. The standard InChI is InChI=1S/C30H29ClN2O5/c1-32(29(36)27-14-11-24(19-25(27)20-34)28(35)23-5-3-2-4-6-23)38-30(37)33-17-15-22(16-18-33)8-7-21-9-12-26(31)13-10-21/h2-6,9-14,19-20,22H,7-8,15-18H2,1H3. The summed E-state index contributed by atoms with van der Waals surface area (Å²) in [6.07, 6.45) is 3.59. The van der Waals surface area contributed by atoms with E-state index in [-0.39, 0.29) is 22.5 Å². The summed E-state index contributed by atoms with van der Waals surface area (Å²) in [7, 11) is 1.33. The fourth-order valence-electron chi connectivity index (χ4n) is 4.56. The van der Waals surface area contributed by atoms with Crippen LogP contribution in [0.5, 0.6) is 0 Å². The molecule has 0 bridgehead atoms. The minimum absolute atomic E-state index is 0.0424. The van der Waals surface area contributed by atoms with Crippen molar-refractivity contribution in [2.75, 3.05) is 20.1 Å². The molecule has 8 heteroatoms. The lowest BCUT2D eigenvalue weighted by Crippen LogP contribution is -2.42. The average molecular weight is 533 g/mol. The molecule has 0 aliphatic carbocycles. The maximum absolute atomic E-state index is 13.0. The van der Waals surface area contributed by atoms with Crippen molar-refractivity contribution in [1.29, 1.82) is 0 Å². The second kappa shape index (κ2) is 12.5. The van der Waals surface area contributed by atoms with E-state index in [0.717, 1.165) is 35.8 Å². The number of aryl methyl sites for hydroxylation is 1. The molecule has 1 heterocycles. The van der Waals surface area contributed by atoms with Gasteiger partial charge in [-0.15, -0.1) is 0 Å². The molecule has 0 N–H and O–H groups in total. The number of amides is 2. The summed E-state index contributed by atoms with van der Waals surface area (Å²) >= 11 is 5.95. The number of likely N-dealkylation sites (tertiary alicyclic amines) is 1. The van der Waals surface area contributed by atoms with Gasteiger partial charge in [0.05, 0.1) is 5.56 Å². The zero-order chi connectivity index (χ0) is 27.1. The van der Waals surface area contributed by atoms with Crippen LogP contribution in [0.4, 0.5) is 4.79 Å². The van der Waals surface area contributed by atoms with E-state index in [1.165, 1.54) is 30.8 Å². The van der Waals surface area contributed by atoms with Crippen LogP contribution in [0.2, 0.25) is 5.02 Å². The number of nitrogens with zero attached hydrogens (tertiary/aromatic N) is 2. The summed E-state index contributed by atoms with van der Waals surface area (Å²) in [4.78, 5) is 57.0. The van der Waals surface area contributed by atoms with Crippen LogP contribution in [-0.2, 0) is 11.3 Å². The van der Waals surface area contributed by atoms with Crippen LogP contribution in [0.15, 0.2) is 72.8 Å². The van der Waals surface area contributed by atoms with Crippen LogP contribution in [0, 0.1) is 5.92 Å². The van der Waals surface area contributed by atoms with E-state index >= 15 is 0 Å². The van der Waals surface area contributed by atoms with Gasteiger partial charge in [-0.1, -0.05) is 60.1 Å². The molecule has 0 spiro atoms. The summed E-state index contributed by atoms with van der Waals surface area (Å²) in [5.41, 5.74) is 2.09. The molecule has 1 aliphatic heterocycles. The molecule has 1 saturated heterocycles. The lowest BCUT2D eigenvalue weighted by molar-refractivity contribution is -0.0678. The van der Waals surface area contributed by atoms with Crippen LogP contribution in [-0.4, -0.2) is 54.2 Å². The molecule has 0 unspecified atom stereocenters. The normalized spacial score (nSPS) is 13.6. The highest BCUT2D eigenvalue weighted by Crippen LogP contribution is 2.24. The molecule has 7 nitrogen and oxygen atoms in total. The Balaban J connectivity index is 1.30. The van der Waals surface area contributed by atoms with Crippen molar-refractivity contribution in [3.8, 4) is 0 Å². The van der Waals surface area contributed by atoms with E-state index < -0.39 is 12.0 Å². The zero-order valence-electron chi connectivity index (χ0n) is 21.1. The van der Waals surface area contributed by atoms with Crippen LogP contribution in [0.25, 0.3) is 0 Å². The van der Waals surface area contributed by atoms with Crippen molar-refractivity contribution in [3.05, 3.63) is 106 Å². The van der Waals surface area contributed by atoms with E-state index in [1.54, 1.807) is 35.2 Å². The molecule has 0 aromatic heterocycles. The van der Waals surface area contributed by atoms with Gasteiger partial charge in [0, 0.05) is 41.9 Å². The number of hydrogen-bond donors (Lipinski definition) is 0. The number of benzene rings is 3. The monoisotopic (exact) mass is 532 g/mol. The minimum atomic E-state index is -0.656. The SMILES string of the molecule is CN(OC(=O)N1CCC(CCc2ccc(Cl)cc2)CC1)C(=O)c1ccc(C(=O)c2ccccc2)cc1C=O. The minimum Gasteiger partial charge on any atom is -0.319 e. The number of rotatable bonds is 7. The van der Waals surface area contributed by atoms with Gasteiger partial charge >= 0.3 is 6.09 Å². The Hall–Kier alpha value is -3.97. The third kappa shape index (κ3) is 6.66. The van der Waals surface area contributed by atoms with Crippen LogP contribution < -0.4 is 0 Å². The fourth-order valence-corrected chi connectivity index (χ4v) is 4.69. The van der Waals surface area contributed by atoms with Gasteiger partial charge in [-0.25, -0.2) is 4.79 Å². The molecule has 2 amide bonds. The summed E-state index contributed by atoms with van der Waals surface area (Å²) in [5, 5.41) is 1.55. The summed E-state index contributed by atoms with van der Waals surface area (Å²) in [5.74, 6) is -0.414. The van der Waals surface area contributed by atoms with Gasteiger partial charge in [-0.2, -0.15) is 5.06 Å². The number of hydrogen-bond acceptors (Lipinski definition) is 5. The van der Waals surface area contributed by atoms with E-state index in [0.29, 0.717) is 30.9 Å². The van der Waals surface area contributed by atoms with E-state index in [2.05, 4.69) is 0 Å². The number of halogens is 1. The van der Waals surface area contributed by atoms with Gasteiger partial charge in [0.15, 0.2) is 12.1 Å². The summed E-state index contributed by atoms with van der Waals surface area (Å²) in [6.45, 7) is 1.09. The second-order valence-corrected chi connectivity index (χ2v) is 9.81. The van der Waals surface area contributed by atoms with E-state index in [9.17, 15) is 19.2 Å². The summed E-state index contributed by atoms with van der Waals surface area (Å²) in [6, 6.07) is 20.8. The molecule has 0 saturated carbocycles. The largest absolute Gasteiger partial charge is 0.434 e. The number of piperidine rings is 1. The highest BCUT2D eigenvalue weighted by Gasteiger charge is 2.27. The molecule has 3 aromatic rings. The molecular formula is C30H29ClN2O5. The Labute approximate surface area is 226 Å². The van der Waals surface area contributed by atoms with Gasteiger partial charge in [0.1, 0.15) is 0 Å². The van der Waals surface area contributed by atoms with Gasteiger partial charge in [0.2, 0.25) is 0 Å². The zero-order valence-corrected chi connectivity index (χ0v) is 21.9. The number of carbonyl (C=O) groups is 4. The first kappa shape index (κ1) is 27.1. The van der Waals surface area contributed by atoms with Crippen LogP contribution in [0.3, 0.4) is 0 Å². The number of carbonyl (C=O) groups excluding carboxylic acids is 4. The van der Waals surface area contributed by atoms with E-state index in [1.807, 2.05) is 24.3 Å². The molecule has 1 aliphatic rings. The first-order valence-electron chi connectivity index (χ1n) is 12.5. The first-order valence-corrected chi connectivity index (χ1v) is 12.9. The number of hydroxylamine groups is 2. The van der Waals surface area contributed by atoms with Gasteiger partial charge in [-0.3, -0.25) is 14.4 Å². The molecule has 1 fully saturated rings. The predicted molar refractivity (Wildman–Crippen MR) is 144 cm³/mol. The van der Waals surface area contributed by atoms with Crippen LogP contribution >= 0.6 is 11.6 Å². The van der Waals surface area contributed by atoms with Gasteiger partial charge in [0.25, 0.3) is 5.91 Å². The smallest absolute Gasteiger partial charge is 0.319 e. The molecular weight excluding hydrogens is 504 g/mol. The number of ketones is 1. The molecule has 0 atom stereocenters. The lowest BCUT2D eigenvalue weighted by atomic mass is 9.91. The van der Waals surface area contributed by atoms with Crippen LogP contribution in [0.1, 0.15) is 61.5 Å². The molecule has 0 radical (unpaired) electrons. The maximum Gasteiger partial charge on any atom is 0.434 e. The van der Waals surface area contributed by atoms with Crippen molar-refractivity contribution in [2.45, 2.75) is 25.7 Å². The Kier molecular flexibility index (Phi) is 8.92. The fraction of sp³-hybridized carbons (Fsp3) is 0.267. The Morgan fingerprint density at radius 2 is 1.66 bits per heavy atom.